The molecular formula is C9H12IN3O. The van der Waals surface area contributed by atoms with Crippen molar-refractivity contribution in [2.24, 2.45) is 16.5 Å². The lowest BCUT2D eigenvalue weighted by atomic mass is 9.52. The molecule has 76 valence electrons. The number of hydrogen-bond acceptors (Lipinski definition) is 2. The zero-order valence-electron chi connectivity index (χ0n) is 7.52. The number of rotatable bonds is 3. The van der Waals surface area contributed by atoms with Crippen LogP contribution in [-0.4, -0.2) is 17.6 Å². The molecule has 5 N–H and O–H groups in total. The van der Waals surface area contributed by atoms with Crippen LogP contribution in [0.5, 0.6) is 0 Å². The van der Waals surface area contributed by atoms with E-state index in [0.29, 0.717) is 0 Å². The van der Waals surface area contributed by atoms with Gasteiger partial charge >= 0.3 is 0 Å². The van der Waals surface area contributed by atoms with Gasteiger partial charge in [0.25, 0.3) is 0 Å². The SMILES string of the molecule is NC(N)=N[11CH2][11CH](O)c1cccc(I)c1. The number of nitrogens with zero attached hydrogens (tertiary/aromatic N) is 1. The molecule has 1 unspecified atom stereocenters. The standard InChI is InChI=1S/C9H12IN3O/c10-7-3-1-2-6(4-7)8(14)5-13-9(11)12/h1-4,8,14H,5H2,(H4,11,12,13)/i5-1,8-1. The predicted octanol–water partition coefficient (Wildman–Crippen LogP) is 0.598. The van der Waals surface area contributed by atoms with Gasteiger partial charge in [-0.3, -0.25) is 4.99 Å². The molecule has 0 aliphatic carbocycles. The lowest BCUT2D eigenvalue weighted by Gasteiger charge is -2.08. The first-order valence-electron chi connectivity index (χ1n) is 4.08. The van der Waals surface area contributed by atoms with E-state index in [-0.39, 0.29) is 12.5 Å². The van der Waals surface area contributed by atoms with Crippen LogP contribution in [0.25, 0.3) is 0 Å². The summed E-state index contributed by atoms with van der Waals surface area (Å²) < 4.78 is 1.07. The van der Waals surface area contributed by atoms with Gasteiger partial charge in [-0.05, 0) is 40.3 Å². The summed E-state index contributed by atoms with van der Waals surface area (Å²) >= 11 is 2.18. The minimum atomic E-state index is -0.646. The first-order valence-corrected chi connectivity index (χ1v) is 5.16. The summed E-state index contributed by atoms with van der Waals surface area (Å²) in [5.74, 6) is -0.00493. The quantitative estimate of drug-likeness (QED) is 0.434. The molecule has 14 heavy (non-hydrogen) atoms. The Hall–Kier alpha value is -0.820. The van der Waals surface area contributed by atoms with Crippen molar-refractivity contribution in [3.05, 3.63) is 33.4 Å². The smallest absolute Gasteiger partial charge is 0.186 e. The number of aliphatic hydroxyl groups is 1. The van der Waals surface area contributed by atoms with Crippen LogP contribution in [0, 0.1) is 3.57 Å². The molecule has 0 saturated carbocycles. The second kappa shape index (κ2) is 5.16. The van der Waals surface area contributed by atoms with Crippen molar-refractivity contribution in [1.29, 1.82) is 0 Å². The van der Waals surface area contributed by atoms with Gasteiger partial charge in [-0.25, -0.2) is 0 Å². The first-order chi connectivity index (χ1) is 6.59. The van der Waals surface area contributed by atoms with Gasteiger partial charge in [0.15, 0.2) is 5.96 Å². The fourth-order valence-electron chi connectivity index (χ4n) is 1.01. The highest BCUT2D eigenvalue weighted by molar-refractivity contribution is 14.1. The number of aliphatic hydroxyl groups excluding tert-OH is 1. The Morgan fingerprint density at radius 2 is 2.21 bits per heavy atom. The van der Waals surface area contributed by atoms with E-state index in [4.69, 9.17) is 11.5 Å². The number of halogens is 1. The molecule has 0 aromatic heterocycles. The van der Waals surface area contributed by atoms with E-state index in [2.05, 4.69) is 27.6 Å². The second-order valence-corrected chi connectivity index (χ2v) is 4.08. The predicted molar refractivity (Wildman–Crippen MR) is 64.8 cm³/mol. The number of nitrogens with two attached hydrogens (primary N) is 2. The Morgan fingerprint density at radius 3 is 2.79 bits per heavy atom. The summed E-state index contributed by atoms with van der Waals surface area (Å²) in [6, 6.07) is 7.58. The van der Waals surface area contributed by atoms with Crippen molar-refractivity contribution in [3.8, 4) is 0 Å². The van der Waals surface area contributed by atoms with E-state index in [1.807, 2.05) is 24.3 Å². The molecule has 0 aliphatic heterocycles. The summed E-state index contributed by atoms with van der Waals surface area (Å²) in [6.45, 7) is 0.197. The maximum absolute atomic E-state index is 9.67. The topological polar surface area (TPSA) is 84.6 Å². The largest absolute Gasteiger partial charge is 0.386 e. The third-order valence-electron chi connectivity index (χ3n) is 1.68. The van der Waals surface area contributed by atoms with Crippen LogP contribution in [0.1, 0.15) is 11.7 Å². The van der Waals surface area contributed by atoms with Gasteiger partial charge in [0, 0.05) is 3.57 Å². The summed E-state index contributed by atoms with van der Waals surface area (Å²) in [4.78, 5) is 3.75. The van der Waals surface area contributed by atoms with Crippen LogP contribution >= 0.6 is 22.6 Å². The molecule has 5 heteroatoms. The van der Waals surface area contributed by atoms with Gasteiger partial charge in [-0.2, -0.15) is 0 Å². The molecular weight excluding hydrogens is 291 g/mol. The average Bonchev–Trinajstić information content (AvgIpc) is 2.14. The van der Waals surface area contributed by atoms with Gasteiger partial charge in [-0.15, -0.1) is 0 Å². The molecule has 0 radical (unpaired) electrons. The average molecular weight is 303 g/mol. The minimum absolute atomic E-state index is 0.00493. The molecule has 4 nitrogen and oxygen atoms in total. The summed E-state index contributed by atoms with van der Waals surface area (Å²) in [7, 11) is 0. The van der Waals surface area contributed by atoms with Crippen LogP contribution in [0.15, 0.2) is 29.3 Å². The fourth-order valence-corrected chi connectivity index (χ4v) is 1.58. The molecule has 0 amide bonds. The molecule has 0 spiro atoms. The molecule has 0 bridgehead atoms. The zero-order chi connectivity index (χ0) is 10.6. The molecule has 1 rings (SSSR count). The summed E-state index contributed by atoms with van der Waals surface area (Å²) in [5, 5.41) is 9.67. The van der Waals surface area contributed by atoms with Crippen LogP contribution < -0.4 is 11.5 Å². The van der Waals surface area contributed by atoms with Gasteiger partial charge in [0.2, 0.25) is 0 Å². The fraction of sp³-hybridized carbons (Fsp3) is 0.222. The van der Waals surface area contributed by atoms with E-state index in [1.54, 1.807) is 0 Å². The monoisotopic (exact) mass is 303 g/mol. The molecule has 0 aliphatic rings. The van der Waals surface area contributed by atoms with Crippen molar-refractivity contribution in [2.75, 3.05) is 6.54 Å². The Labute approximate surface area is 96.2 Å². The molecule has 0 saturated heterocycles. The molecule has 1 aromatic carbocycles. The summed E-state index contributed by atoms with van der Waals surface area (Å²) in [6.07, 6.45) is -0.646. The first kappa shape index (κ1) is 11.3. The lowest BCUT2D eigenvalue weighted by molar-refractivity contribution is 0.187. The Balaban J connectivity index is 2.69. The molecule has 1 aromatic rings. The van der Waals surface area contributed by atoms with E-state index >= 15 is 0 Å². The van der Waals surface area contributed by atoms with Crippen LogP contribution in [-0.2, 0) is 0 Å². The number of aliphatic imine (C=N–C) groups is 1. The Bertz CT molecular complexity index is 337. The van der Waals surface area contributed by atoms with Crippen LogP contribution in [0.3, 0.4) is 0 Å². The van der Waals surface area contributed by atoms with Crippen molar-refractivity contribution < 1.29 is 5.11 Å². The van der Waals surface area contributed by atoms with E-state index < -0.39 is 6.10 Å². The zero-order valence-corrected chi connectivity index (χ0v) is 9.68. The van der Waals surface area contributed by atoms with Gasteiger partial charge in [0.1, 0.15) is 0 Å². The van der Waals surface area contributed by atoms with E-state index in [1.165, 1.54) is 0 Å². The summed E-state index contributed by atoms with van der Waals surface area (Å²) in [5.41, 5.74) is 11.1. The number of benzene rings is 1. The maximum atomic E-state index is 9.67. The highest BCUT2D eigenvalue weighted by Gasteiger charge is 2.06. The molecule has 0 fully saturated rings. The van der Waals surface area contributed by atoms with Crippen LogP contribution in [0.2, 0.25) is 0 Å². The highest BCUT2D eigenvalue weighted by atomic mass is 127. The Morgan fingerprint density at radius 1 is 1.50 bits per heavy atom. The van der Waals surface area contributed by atoms with Crippen LogP contribution in [0.4, 0.5) is 0 Å². The maximum Gasteiger partial charge on any atom is 0.186 e. The van der Waals surface area contributed by atoms with Gasteiger partial charge in [0.05, 0.1) is 12.6 Å². The van der Waals surface area contributed by atoms with Crippen molar-refractivity contribution in [3.63, 3.8) is 0 Å². The second-order valence-electron chi connectivity index (χ2n) is 2.84. The number of hydrogen-bond donors (Lipinski definition) is 3. The van der Waals surface area contributed by atoms with Crippen molar-refractivity contribution in [1.82, 2.24) is 0 Å². The van der Waals surface area contributed by atoms with Gasteiger partial charge < -0.3 is 16.6 Å². The minimum Gasteiger partial charge on any atom is -0.386 e. The van der Waals surface area contributed by atoms with Crippen molar-refractivity contribution >= 4 is 28.6 Å². The third kappa shape index (κ3) is 3.51. The highest BCUT2D eigenvalue weighted by Crippen LogP contribution is 2.15. The molecule has 1 atom stereocenters. The van der Waals surface area contributed by atoms with E-state index in [9.17, 15) is 5.11 Å². The molecule has 0 heterocycles. The van der Waals surface area contributed by atoms with Gasteiger partial charge in [-0.1, -0.05) is 12.1 Å². The third-order valence-corrected chi connectivity index (χ3v) is 2.35. The Kier molecular flexibility index (Phi) is 4.15. The van der Waals surface area contributed by atoms with Crippen molar-refractivity contribution in [2.45, 2.75) is 6.10 Å². The number of guanidine groups is 1. The normalized spacial score (nSPS) is 12.1. The van der Waals surface area contributed by atoms with E-state index in [0.717, 1.165) is 9.13 Å². The lowest BCUT2D eigenvalue weighted by Crippen LogP contribution is -2.23.